The minimum Gasteiger partial charge on any atom is -0.390 e. The van der Waals surface area contributed by atoms with Gasteiger partial charge in [-0.2, -0.15) is 0 Å². The lowest BCUT2D eigenvalue weighted by atomic mass is 10.0. The average molecular weight is 150 g/mol. The molecule has 1 aliphatic heterocycles. The second-order valence-corrected chi connectivity index (χ2v) is 2.41. The van der Waals surface area contributed by atoms with Crippen LogP contribution in [0, 0.1) is 0 Å². The summed E-state index contributed by atoms with van der Waals surface area (Å²) < 4.78 is 16.7. The molecule has 2 N–H and O–H groups in total. The van der Waals surface area contributed by atoms with Crippen molar-refractivity contribution in [3.63, 3.8) is 0 Å². The summed E-state index contributed by atoms with van der Waals surface area (Å²) >= 11 is 0. The maximum absolute atomic E-state index is 11.9. The van der Waals surface area contributed by atoms with Gasteiger partial charge in [0, 0.05) is 6.61 Å². The SMILES string of the molecule is OC1CCOC(CF)C1O. The van der Waals surface area contributed by atoms with Crippen LogP contribution in [0.25, 0.3) is 0 Å². The van der Waals surface area contributed by atoms with Crippen molar-refractivity contribution in [1.82, 2.24) is 0 Å². The van der Waals surface area contributed by atoms with Gasteiger partial charge in [0.05, 0.1) is 6.10 Å². The van der Waals surface area contributed by atoms with Crippen molar-refractivity contribution in [2.75, 3.05) is 13.3 Å². The number of halogens is 1. The van der Waals surface area contributed by atoms with Gasteiger partial charge in [-0.05, 0) is 6.42 Å². The first kappa shape index (κ1) is 7.91. The smallest absolute Gasteiger partial charge is 0.118 e. The standard InChI is InChI=1S/C6H11FO3/c7-3-5-6(9)4(8)1-2-10-5/h4-6,8-9H,1-3H2. The Bertz CT molecular complexity index is 109. The van der Waals surface area contributed by atoms with Crippen LogP contribution < -0.4 is 0 Å². The number of hydrogen-bond donors (Lipinski definition) is 2. The van der Waals surface area contributed by atoms with E-state index in [2.05, 4.69) is 0 Å². The Morgan fingerprint density at radius 3 is 2.70 bits per heavy atom. The van der Waals surface area contributed by atoms with Gasteiger partial charge < -0.3 is 14.9 Å². The Morgan fingerprint density at radius 1 is 1.50 bits per heavy atom. The van der Waals surface area contributed by atoms with Gasteiger partial charge >= 0.3 is 0 Å². The highest BCUT2D eigenvalue weighted by molar-refractivity contribution is 4.79. The molecule has 1 heterocycles. The van der Waals surface area contributed by atoms with Gasteiger partial charge in [-0.15, -0.1) is 0 Å². The molecule has 0 radical (unpaired) electrons. The summed E-state index contributed by atoms with van der Waals surface area (Å²) in [6.07, 6.45) is -2.32. The summed E-state index contributed by atoms with van der Waals surface area (Å²) in [5, 5.41) is 18.0. The van der Waals surface area contributed by atoms with Crippen LogP contribution in [0.5, 0.6) is 0 Å². The highest BCUT2D eigenvalue weighted by atomic mass is 19.1. The molecule has 3 atom stereocenters. The molecule has 0 bridgehead atoms. The zero-order valence-electron chi connectivity index (χ0n) is 5.53. The van der Waals surface area contributed by atoms with Crippen molar-refractivity contribution in [2.24, 2.45) is 0 Å². The third-order valence-electron chi connectivity index (χ3n) is 1.67. The number of aliphatic hydroxyl groups excluding tert-OH is 2. The molecule has 0 saturated carbocycles. The van der Waals surface area contributed by atoms with Gasteiger partial charge in [0.15, 0.2) is 0 Å². The van der Waals surface area contributed by atoms with Gasteiger partial charge in [0.2, 0.25) is 0 Å². The van der Waals surface area contributed by atoms with Crippen LogP contribution in [-0.4, -0.2) is 41.8 Å². The summed E-state index contributed by atoms with van der Waals surface area (Å²) in [5.74, 6) is 0. The van der Waals surface area contributed by atoms with Crippen molar-refractivity contribution >= 4 is 0 Å². The molecule has 0 spiro atoms. The lowest BCUT2D eigenvalue weighted by molar-refractivity contribution is -0.139. The monoisotopic (exact) mass is 150 g/mol. The first-order valence-electron chi connectivity index (χ1n) is 3.29. The average Bonchev–Trinajstić information content (AvgIpc) is 1.95. The summed E-state index contributed by atoms with van der Waals surface area (Å²) in [6.45, 7) is -0.412. The van der Waals surface area contributed by atoms with Gasteiger partial charge in [0.25, 0.3) is 0 Å². The highest BCUT2D eigenvalue weighted by Crippen LogP contribution is 2.14. The lowest BCUT2D eigenvalue weighted by Crippen LogP contribution is -2.45. The molecule has 1 saturated heterocycles. The molecule has 1 fully saturated rings. The molecule has 60 valence electrons. The fourth-order valence-corrected chi connectivity index (χ4v) is 0.993. The Labute approximate surface area is 58.4 Å². The van der Waals surface area contributed by atoms with Crippen LogP contribution in [0.3, 0.4) is 0 Å². The molecular weight excluding hydrogens is 139 g/mol. The predicted octanol–water partition coefficient (Wildman–Crippen LogP) is -0.533. The van der Waals surface area contributed by atoms with E-state index in [-0.39, 0.29) is 0 Å². The van der Waals surface area contributed by atoms with Gasteiger partial charge in [-0.3, -0.25) is 0 Å². The van der Waals surface area contributed by atoms with Crippen LogP contribution >= 0.6 is 0 Å². The molecule has 4 heteroatoms. The molecule has 0 amide bonds. The fourth-order valence-electron chi connectivity index (χ4n) is 0.993. The maximum Gasteiger partial charge on any atom is 0.118 e. The quantitative estimate of drug-likeness (QED) is 0.528. The van der Waals surface area contributed by atoms with Crippen LogP contribution in [-0.2, 0) is 4.74 Å². The molecule has 0 aromatic carbocycles. The molecule has 1 rings (SSSR count). The first-order valence-corrected chi connectivity index (χ1v) is 3.29. The van der Waals surface area contributed by atoms with Crippen molar-refractivity contribution in [2.45, 2.75) is 24.7 Å². The van der Waals surface area contributed by atoms with Gasteiger partial charge in [0.1, 0.15) is 18.9 Å². The third kappa shape index (κ3) is 1.45. The number of rotatable bonds is 1. The van der Waals surface area contributed by atoms with E-state index in [1.807, 2.05) is 0 Å². The minimum absolute atomic E-state index is 0.326. The number of aliphatic hydroxyl groups is 2. The second kappa shape index (κ2) is 3.27. The normalized spacial score (nSPS) is 41.7. The van der Waals surface area contributed by atoms with E-state index in [1.165, 1.54) is 0 Å². The number of ether oxygens (including phenoxy) is 1. The number of hydrogen-bond acceptors (Lipinski definition) is 3. The van der Waals surface area contributed by atoms with Crippen molar-refractivity contribution in [3.05, 3.63) is 0 Å². The lowest BCUT2D eigenvalue weighted by Gasteiger charge is -2.29. The Hall–Kier alpha value is -0.190. The zero-order valence-corrected chi connectivity index (χ0v) is 5.53. The Kier molecular flexibility index (Phi) is 2.59. The Morgan fingerprint density at radius 2 is 2.20 bits per heavy atom. The van der Waals surface area contributed by atoms with Gasteiger partial charge in [-0.25, -0.2) is 4.39 Å². The molecule has 3 unspecified atom stereocenters. The summed E-state index contributed by atoms with van der Waals surface area (Å²) in [5.41, 5.74) is 0. The van der Waals surface area contributed by atoms with E-state index in [9.17, 15) is 4.39 Å². The van der Waals surface area contributed by atoms with E-state index >= 15 is 0 Å². The minimum atomic E-state index is -1.06. The summed E-state index contributed by atoms with van der Waals surface area (Å²) in [7, 11) is 0. The van der Waals surface area contributed by atoms with E-state index < -0.39 is 25.0 Å². The molecule has 1 aliphatic rings. The fraction of sp³-hybridized carbons (Fsp3) is 1.00. The van der Waals surface area contributed by atoms with Crippen LogP contribution in [0.4, 0.5) is 4.39 Å². The molecule has 0 aromatic rings. The van der Waals surface area contributed by atoms with Crippen LogP contribution in [0.1, 0.15) is 6.42 Å². The van der Waals surface area contributed by atoms with E-state index in [1.54, 1.807) is 0 Å². The largest absolute Gasteiger partial charge is 0.390 e. The maximum atomic E-state index is 11.9. The second-order valence-electron chi connectivity index (χ2n) is 2.41. The van der Waals surface area contributed by atoms with E-state index in [4.69, 9.17) is 14.9 Å². The van der Waals surface area contributed by atoms with E-state index in [0.29, 0.717) is 13.0 Å². The third-order valence-corrected chi connectivity index (χ3v) is 1.67. The first-order chi connectivity index (χ1) is 4.75. The topological polar surface area (TPSA) is 49.7 Å². The van der Waals surface area contributed by atoms with Crippen molar-refractivity contribution in [1.29, 1.82) is 0 Å². The van der Waals surface area contributed by atoms with Crippen LogP contribution in [0.15, 0.2) is 0 Å². The molecular formula is C6H11FO3. The summed E-state index contributed by atoms with van der Waals surface area (Å²) in [4.78, 5) is 0. The molecule has 0 aliphatic carbocycles. The van der Waals surface area contributed by atoms with Crippen molar-refractivity contribution < 1.29 is 19.3 Å². The zero-order chi connectivity index (χ0) is 7.56. The number of alkyl halides is 1. The highest BCUT2D eigenvalue weighted by Gasteiger charge is 2.30. The predicted molar refractivity (Wildman–Crippen MR) is 32.3 cm³/mol. The summed E-state index contributed by atoms with van der Waals surface area (Å²) in [6, 6.07) is 0. The molecule has 0 aromatic heterocycles. The van der Waals surface area contributed by atoms with Crippen molar-refractivity contribution in [3.8, 4) is 0 Å². The molecule has 3 nitrogen and oxygen atoms in total. The van der Waals surface area contributed by atoms with Gasteiger partial charge in [-0.1, -0.05) is 0 Å². The van der Waals surface area contributed by atoms with E-state index in [0.717, 1.165) is 0 Å². The Balaban J connectivity index is 2.42. The van der Waals surface area contributed by atoms with Crippen LogP contribution in [0.2, 0.25) is 0 Å². The molecule has 10 heavy (non-hydrogen) atoms.